The van der Waals surface area contributed by atoms with Gasteiger partial charge < -0.3 is 14.7 Å². The topological polar surface area (TPSA) is 70.1 Å². The van der Waals surface area contributed by atoms with Gasteiger partial charge in [-0.3, -0.25) is 9.69 Å². The first-order chi connectivity index (χ1) is 13.1. The average molecular weight is 366 g/mol. The molecule has 2 saturated heterocycles. The number of aliphatic hydroxyl groups excluding tert-OH is 1. The second-order valence-electron chi connectivity index (χ2n) is 6.94. The minimum atomic E-state index is -0.924. The van der Waals surface area contributed by atoms with Crippen molar-refractivity contribution in [3.05, 3.63) is 54.6 Å². The molecule has 1 N–H and O–H groups in total. The van der Waals surface area contributed by atoms with Gasteiger partial charge in [-0.2, -0.15) is 0 Å². The Labute approximate surface area is 158 Å². The Hall–Kier alpha value is -2.86. The summed E-state index contributed by atoms with van der Waals surface area (Å²) in [6.07, 6.45) is 0.647. The first-order valence-corrected chi connectivity index (χ1v) is 9.22. The van der Waals surface area contributed by atoms with Crippen molar-refractivity contribution < 1.29 is 19.4 Å². The number of ether oxygens (including phenoxy) is 1. The molecule has 2 heterocycles. The lowest BCUT2D eigenvalue weighted by Crippen LogP contribution is -2.41. The van der Waals surface area contributed by atoms with Crippen molar-refractivity contribution in [1.82, 2.24) is 9.80 Å². The summed E-state index contributed by atoms with van der Waals surface area (Å²) < 4.78 is 5.62. The molecule has 3 amide bonds. The number of carbonyl (C=O) groups is 2. The molecule has 140 valence electrons. The zero-order chi connectivity index (χ0) is 18.8. The van der Waals surface area contributed by atoms with Crippen LogP contribution in [0.2, 0.25) is 0 Å². The van der Waals surface area contributed by atoms with E-state index in [4.69, 9.17) is 4.74 Å². The molecular formula is C21H22N2O4. The van der Waals surface area contributed by atoms with Gasteiger partial charge in [-0.1, -0.05) is 42.5 Å². The van der Waals surface area contributed by atoms with E-state index in [9.17, 15) is 14.7 Å². The summed E-state index contributed by atoms with van der Waals surface area (Å²) in [4.78, 5) is 27.3. The van der Waals surface area contributed by atoms with Gasteiger partial charge in [-0.15, -0.1) is 0 Å². The summed E-state index contributed by atoms with van der Waals surface area (Å²) in [6.45, 7) is 0.602. The van der Waals surface area contributed by atoms with Gasteiger partial charge in [-0.05, 0) is 36.1 Å². The number of benzene rings is 2. The number of nitrogens with zero attached hydrogens (tertiary/aromatic N) is 2. The lowest BCUT2D eigenvalue weighted by atomic mass is 10.1. The normalized spacial score (nSPS) is 20.1. The fourth-order valence-electron chi connectivity index (χ4n) is 3.68. The van der Waals surface area contributed by atoms with E-state index < -0.39 is 6.10 Å². The molecule has 2 atom stereocenters. The highest BCUT2D eigenvalue weighted by molar-refractivity contribution is 6.04. The largest absolute Gasteiger partial charge is 0.491 e. The van der Waals surface area contributed by atoms with Crippen molar-refractivity contribution in [1.29, 1.82) is 0 Å². The Morgan fingerprint density at radius 2 is 1.74 bits per heavy atom. The van der Waals surface area contributed by atoms with Gasteiger partial charge in [0.05, 0.1) is 6.54 Å². The number of amides is 3. The monoisotopic (exact) mass is 366 g/mol. The molecule has 2 aromatic carbocycles. The van der Waals surface area contributed by atoms with E-state index in [1.807, 2.05) is 54.6 Å². The second kappa shape index (κ2) is 7.40. The van der Waals surface area contributed by atoms with Gasteiger partial charge in [0.15, 0.2) is 0 Å². The van der Waals surface area contributed by atoms with Crippen LogP contribution in [-0.2, 0) is 4.79 Å². The number of hydrogen-bond acceptors (Lipinski definition) is 4. The fourth-order valence-corrected chi connectivity index (χ4v) is 3.68. The number of carbonyl (C=O) groups excluding carboxylic acids is 2. The number of aliphatic hydroxyl groups is 1. The highest BCUT2D eigenvalue weighted by Crippen LogP contribution is 2.27. The third kappa shape index (κ3) is 3.53. The van der Waals surface area contributed by atoms with Gasteiger partial charge in [0.25, 0.3) is 5.91 Å². The quantitative estimate of drug-likeness (QED) is 0.798. The van der Waals surface area contributed by atoms with Gasteiger partial charge in [0, 0.05) is 6.54 Å². The third-order valence-electron chi connectivity index (χ3n) is 5.08. The molecule has 0 aromatic heterocycles. The van der Waals surface area contributed by atoms with Gasteiger partial charge in [0.1, 0.15) is 24.5 Å². The molecule has 0 radical (unpaired) electrons. The van der Waals surface area contributed by atoms with Crippen LogP contribution in [-0.4, -0.2) is 58.7 Å². The van der Waals surface area contributed by atoms with E-state index in [0.717, 1.165) is 22.4 Å². The van der Waals surface area contributed by atoms with Crippen LogP contribution < -0.4 is 4.74 Å². The van der Waals surface area contributed by atoms with Gasteiger partial charge in [0.2, 0.25) is 0 Å². The maximum absolute atomic E-state index is 12.3. The Morgan fingerprint density at radius 3 is 2.44 bits per heavy atom. The number of imide groups is 1. The zero-order valence-electron chi connectivity index (χ0n) is 15.0. The molecule has 0 bridgehead atoms. The van der Waals surface area contributed by atoms with Crippen molar-refractivity contribution in [2.45, 2.75) is 25.0 Å². The first-order valence-electron chi connectivity index (χ1n) is 9.22. The van der Waals surface area contributed by atoms with E-state index in [1.165, 1.54) is 0 Å². The Balaban J connectivity index is 1.31. The van der Waals surface area contributed by atoms with Crippen LogP contribution in [0.4, 0.5) is 4.79 Å². The van der Waals surface area contributed by atoms with Crippen molar-refractivity contribution >= 4 is 11.9 Å². The molecule has 27 heavy (non-hydrogen) atoms. The summed E-state index contributed by atoms with van der Waals surface area (Å²) in [5, 5.41) is 10.2. The van der Waals surface area contributed by atoms with Crippen LogP contribution >= 0.6 is 0 Å². The molecule has 2 fully saturated rings. The highest BCUT2D eigenvalue weighted by Gasteiger charge is 2.47. The van der Waals surface area contributed by atoms with E-state index in [-0.39, 0.29) is 31.1 Å². The molecule has 0 spiro atoms. The SMILES string of the molecule is O=C1[C@@H]2CCCN2C(=O)N1C[C@@H](O)COc1ccc(-c2ccccc2)cc1. The number of urea groups is 1. The molecule has 0 unspecified atom stereocenters. The molecule has 2 aromatic rings. The van der Waals surface area contributed by atoms with Crippen molar-refractivity contribution in [2.24, 2.45) is 0 Å². The molecule has 6 nitrogen and oxygen atoms in total. The molecule has 2 aliphatic rings. The van der Waals surface area contributed by atoms with E-state index in [0.29, 0.717) is 18.7 Å². The lowest BCUT2D eigenvalue weighted by Gasteiger charge is -2.19. The molecule has 0 aliphatic carbocycles. The summed E-state index contributed by atoms with van der Waals surface area (Å²) in [5.74, 6) is 0.428. The highest BCUT2D eigenvalue weighted by atomic mass is 16.5. The van der Waals surface area contributed by atoms with Crippen LogP contribution in [0, 0.1) is 0 Å². The third-order valence-corrected chi connectivity index (χ3v) is 5.08. The molecule has 4 rings (SSSR count). The smallest absolute Gasteiger partial charge is 0.327 e. The summed E-state index contributed by atoms with van der Waals surface area (Å²) in [7, 11) is 0. The fraction of sp³-hybridized carbons (Fsp3) is 0.333. The average Bonchev–Trinajstić information content (AvgIpc) is 3.27. The minimum absolute atomic E-state index is 0.0202. The molecule has 2 aliphatic heterocycles. The van der Waals surface area contributed by atoms with Gasteiger partial charge in [-0.25, -0.2) is 4.79 Å². The molecular weight excluding hydrogens is 344 g/mol. The summed E-state index contributed by atoms with van der Waals surface area (Å²) in [6, 6.07) is 17.0. The number of β-amino-alcohol motifs (C(OH)–C–C–N with tert-alkyl or cyclic N) is 1. The van der Waals surface area contributed by atoms with Gasteiger partial charge >= 0.3 is 6.03 Å². The zero-order valence-corrected chi connectivity index (χ0v) is 15.0. The van der Waals surface area contributed by atoms with Crippen LogP contribution in [0.3, 0.4) is 0 Å². The predicted octanol–water partition coefficient (Wildman–Crippen LogP) is 2.52. The summed E-state index contributed by atoms with van der Waals surface area (Å²) in [5.41, 5.74) is 2.20. The molecule has 6 heteroatoms. The van der Waals surface area contributed by atoms with Crippen molar-refractivity contribution in [2.75, 3.05) is 19.7 Å². The Bertz CT molecular complexity index is 800. The Kier molecular flexibility index (Phi) is 4.81. The second-order valence-corrected chi connectivity index (χ2v) is 6.94. The minimum Gasteiger partial charge on any atom is -0.491 e. The van der Waals surface area contributed by atoms with Crippen LogP contribution in [0.1, 0.15) is 12.8 Å². The predicted molar refractivity (Wildman–Crippen MR) is 100 cm³/mol. The number of rotatable bonds is 6. The summed E-state index contributed by atoms with van der Waals surface area (Å²) >= 11 is 0. The standard InChI is InChI=1S/C21H22N2O4/c24-17(13-23-20(25)19-7-4-12-22(19)21(23)26)14-27-18-10-8-16(9-11-18)15-5-2-1-3-6-15/h1-3,5-6,8-11,17,19,24H,4,7,12-14H2/t17-,19+/m1/s1. The maximum Gasteiger partial charge on any atom is 0.327 e. The van der Waals surface area contributed by atoms with Crippen molar-refractivity contribution in [3.8, 4) is 16.9 Å². The van der Waals surface area contributed by atoms with Crippen LogP contribution in [0.5, 0.6) is 5.75 Å². The first kappa shape index (κ1) is 17.5. The van der Waals surface area contributed by atoms with Crippen LogP contribution in [0.25, 0.3) is 11.1 Å². The maximum atomic E-state index is 12.3. The van der Waals surface area contributed by atoms with Crippen LogP contribution in [0.15, 0.2) is 54.6 Å². The number of hydrogen-bond donors (Lipinski definition) is 1. The molecule has 0 saturated carbocycles. The van der Waals surface area contributed by atoms with E-state index in [1.54, 1.807) is 4.90 Å². The Morgan fingerprint density at radius 1 is 1.04 bits per heavy atom. The van der Waals surface area contributed by atoms with Crippen molar-refractivity contribution in [3.63, 3.8) is 0 Å². The van der Waals surface area contributed by atoms with E-state index >= 15 is 0 Å². The lowest BCUT2D eigenvalue weighted by molar-refractivity contribution is -0.129. The van der Waals surface area contributed by atoms with E-state index in [2.05, 4.69) is 0 Å². The number of fused-ring (bicyclic) bond motifs is 1.